The van der Waals surface area contributed by atoms with Crippen LogP contribution in [0.5, 0.6) is 0 Å². The summed E-state index contributed by atoms with van der Waals surface area (Å²) in [6.45, 7) is 2.33. The molecule has 1 aromatic carbocycles. The van der Waals surface area contributed by atoms with Crippen molar-refractivity contribution in [1.82, 2.24) is 4.90 Å². The van der Waals surface area contributed by atoms with E-state index in [4.69, 9.17) is 11.6 Å². The minimum atomic E-state index is 0.415. The Balaban J connectivity index is 1.97. The third kappa shape index (κ3) is 3.56. The molecule has 18 heavy (non-hydrogen) atoms. The van der Waals surface area contributed by atoms with E-state index in [1.807, 2.05) is 30.6 Å². The maximum Gasteiger partial charge on any atom is 0.233 e. The Hall–Kier alpha value is -0.860. The molecule has 0 N–H and O–H groups in total. The first-order valence-electron chi connectivity index (χ1n) is 6.60. The van der Waals surface area contributed by atoms with Gasteiger partial charge in [0.15, 0.2) is 0 Å². The Morgan fingerprint density at radius 1 is 1.17 bits per heavy atom. The van der Waals surface area contributed by atoms with Gasteiger partial charge in [-0.1, -0.05) is 30.7 Å². The van der Waals surface area contributed by atoms with Gasteiger partial charge in [-0.15, -0.1) is 11.6 Å². The number of halogens is 1. The highest BCUT2D eigenvalue weighted by molar-refractivity contribution is 6.18. The zero-order valence-corrected chi connectivity index (χ0v) is 11.3. The number of likely N-dealkylation sites (tertiary alicyclic amines) is 1. The van der Waals surface area contributed by atoms with Crippen LogP contribution in [-0.2, 0) is 11.2 Å². The first kappa shape index (κ1) is 13.6. The first-order valence-corrected chi connectivity index (χ1v) is 7.14. The maximum atomic E-state index is 10.5. The van der Waals surface area contributed by atoms with Gasteiger partial charge in [-0.2, -0.15) is 0 Å². The maximum absolute atomic E-state index is 10.5. The van der Waals surface area contributed by atoms with Crippen molar-refractivity contribution in [2.75, 3.05) is 19.0 Å². The predicted molar refractivity (Wildman–Crippen MR) is 74.9 cm³/mol. The van der Waals surface area contributed by atoms with Gasteiger partial charge in [0.25, 0.3) is 0 Å². The van der Waals surface area contributed by atoms with E-state index >= 15 is 0 Å². The molecule has 0 spiro atoms. The van der Waals surface area contributed by atoms with Crippen LogP contribution in [0.3, 0.4) is 0 Å². The van der Waals surface area contributed by atoms with E-state index in [9.17, 15) is 4.79 Å². The van der Waals surface area contributed by atoms with Gasteiger partial charge in [0.1, 0.15) is 0 Å². The molecule has 0 amide bonds. The monoisotopic (exact) mass is 264 g/mol. The van der Waals surface area contributed by atoms with Crippen molar-refractivity contribution in [2.24, 2.45) is 0 Å². The molecule has 97 valence electrons. The number of piperidine rings is 1. The SMILES string of the molecule is O=[C]c1ccc(CC(CCl)N2CCCCC2)cc1. The van der Waals surface area contributed by atoms with Crippen molar-refractivity contribution in [3.63, 3.8) is 0 Å². The Morgan fingerprint density at radius 2 is 1.83 bits per heavy atom. The highest BCUT2D eigenvalue weighted by Gasteiger charge is 2.19. The Kier molecular flexibility index (Phi) is 5.21. The Morgan fingerprint density at radius 3 is 2.39 bits per heavy atom. The summed E-state index contributed by atoms with van der Waals surface area (Å²) in [5.74, 6) is 0.668. The minimum Gasteiger partial charge on any atom is -0.299 e. The summed E-state index contributed by atoms with van der Waals surface area (Å²) in [5, 5.41) is 0. The van der Waals surface area contributed by atoms with Crippen molar-refractivity contribution < 1.29 is 4.79 Å². The van der Waals surface area contributed by atoms with Crippen LogP contribution >= 0.6 is 11.6 Å². The van der Waals surface area contributed by atoms with E-state index in [2.05, 4.69) is 4.90 Å². The van der Waals surface area contributed by atoms with Crippen molar-refractivity contribution in [2.45, 2.75) is 31.7 Å². The molecule has 0 aromatic heterocycles. The van der Waals surface area contributed by atoms with Gasteiger partial charge >= 0.3 is 0 Å². The second kappa shape index (κ2) is 6.91. The average molecular weight is 265 g/mol. The quantitative estimate of drug-likeness (QED) is 0.763. The minimum absolute atomic E-state index is 0.415. The molecule has 2 rings (SSSR count). The summed E-state index contributed by atoms with van der Waals surface area (Å²) >= 11 is 6.11. The fraction of sp³-hybridized carbons (Fsp3) is 0.533. The fourth-order valence-corrected chi connectivity index (χ4v) is 2.85. The Labute approximate surface area is 114 Å². The number of alkyl halides is 1. The summed E-state index contributed by atoms with van der Waals surface area (Å²) in [4.78, 5) is 13.0. The highest BCUT2D eigenvalue weighted by atomic mass is 35.5. The molecule has 1 radical (unpaired) electrons. The van der Waals surface area contributed by atoms with Crippen LogP contribution in [0.2, 0.25) is 0 Å². The van der Waals surface area contributed by atoms with Gasteiger partial charge in [0.05, 0.1) is 0 Å². The van der Waals surface area contributed by atoms with Crippen molar-refractivity contribution >= 4 is 17.9 Å². The molecule has 0 saturated carbocycles. The molecular weight excluding hydrogens is 246 g/mol. The molecule has 2 nitrogen and oxygen atoms in total. The second-order valence-electron chi connectivity index (χ2n) is 4.91. The first-order chi connectivity index (χ1) is 8.83. The Bertz CT molecular complexity index is 371. The average Bonchev–Trinajstić information content (AvgIpc) is 2.46. The molecule has 1 unspecified atom stereocenters. The molecule has 1 aliphatic rings. The van der Waals surface area contributed by atoms with Crippen LogP contribution in [0.1, 0.15) is 30.4 Å². The lowest BCUT2D eigenvalue weighted by atomic mass is 10.0. The van der Waals surface area contributed by atoms with Gasteiger partial charge in [-0.3, -0.25) is 9.69 Å². The third-order valence-corrected chi connectivity index (χ3v) is 3.98. The van der Waals surface area contributed by atoms with Crippen LogP contribution in [0.25, 0.3) is 0 Å². The molecule has 1 aliphatic heterocycles. The molecule has 1 aromatic rings. The van der Waals surface area contributed by atoms with Crippen molar-refractivity contribution in [3.8, 4) is 0 Å². The summed E-state index contributed by atoms with van der Waals surface area (Å²) in [6.07, 6.45) is 6.77. The molecule has 0 bridgehead atoms. The zero-order valence-electron chi connectivity index (χ0n) is 10.6. The van der Waals surface area contributed by atoms with Gasteiger partial charge in [-0.05, 0) is 37.9 Å². The normalized spacial score (nSPS) is 18.5. The highest BCUT2D eigenvalue weighted by Crippen LogP contribution is 2.17. The fourth-order valence-electron chi connectivity index (χ4n) is 2.55. The van der Waals surface area contributed by atoms with E-state index in [0.29, 0.717) is 17.5 Å². The van der Waals surface area contributed by atoms with E-state index < -0.39 is 0 Å². The summed E-state index contributed by atoms with van der Waals surface area (Å²) < 4.78 is 0. The lowest BCUT2D eigenvalue weighted by Crippen LogP contribution is -2.41. The number of carbonyl (C=O) groups excluding carboxylic acids is 1. The largest absolute Gasteiger partial charge is 0.299 e. The molecule has 1 heterocycles. The van der Waals surface area contributed by atoms with Gasteiger partial charge in [0, 0.05) is 17.5 Å². The standard InChI is InChI=1S/C15H19ClNO/c16-11-15(17-8-2-1-3-9-17)10-13-4-6-14(12-18)7-5-13/h4-7,15H,1-3,8-11H2. The van der Waals surface area contributed by atoms with E-state index in [0.717, 1.165) is 19.5 Å². The number of benzene rings is 1. The lowest BCUT2D eigenvalue weighted by Gasteiger charge is -2.33. The summed E-state index contributed by atoms with van der Waals surface area (Å²) in [5.41, 5.74) is 1.85. The molecule has 3 heteroatoms. The van der Waals surface area contributed by atoms with Crippen LogP contribution in [0.15, 0.2) is 24.3 Å². The van der Waals surface area contributed by atoms with Crippen molar-refractivity contribution in [1.29, 1.82) is 0 Å². The van der Waals surface area contributed by atoms with E-state index in [-0.39, 0.29) is 0 Å². The van der Waals surface area contributed by atoms with E-state index in [1.54, 1.807) is 0 Å². The predicted octanol–water partition coefficient (Wildman–Crippen LogP) is 2.78. The topological polar surface area (TPSA) is 20.3 Å². The third-order valence-electron chi connectivity index (χ3n) is 3.63. The number of hydrogen-bond acceptors (Lipinski definition) is 2. The number of hydrogen-bond donors (Lipinski definition) is 0. The molecule has 1 atom stereocenters. The number of nitrogens with zero attached hydrogens (tertiary/aromatic N) is 1. The van der Waals surface area contributed by atoms with Crippen LogP contribution < -0.4 is 0 Å². The summed E-state index contributed by atoms with van der Waals surface area (Å²) in [6, 6.07) is 8.07. The van der Waals surface area contributed by atoms with Crippen molar-refractivity contribution in [3.05, 3.63) is 35.4 Å². The van der Waals surface area contributed by atoms with Crippen LogP contribution in [0, 0.1) is 0 Å². The van der Waals surface area contributed by atoms with Gasteiger partial charge in [0.2, 0.25) is 6.29 Å². The summed E-state index contributed by atoms with van der Waals surface area (Å²) in [7, 11) is 0. The molecule has 1 fully saturated rings. The van der Waals surface area contributed by atoms with Gasteiger partial charge < -0.3 is 0 Å². The zero-order chi connectivity index (χ0) is 12.8. The number of rotatable bonds is 5. The van der Waals surface area contributed by atoms with Gasteiger partial charge in [-0.25, -0.2) is 0 Å². The van der Waals surface area contributed by atoms with Crippen LogP contribution in [-0.4, -0.2) is 36.2 Å². The molecule has 1 saturated heterocycles. The molecular formula is C15H19ClNO. The smallest absolute Gasteiger partial charge is 0.233 e. The lowest BCUT2D eigenvalue weighted by molar-refractivity contribution is 0.175. The second-order valence-corrected chi connectivity index (χ2v) is 5.22. The van der Waals surface area contributed by atoms with E-state index in [1.165, 1.54) is 24.8 Å². The molecule has 0 aliphatic carbocycles. The van der Waals surface area contributed by atoms with Crippen LogP contribution in [0.4, 0.5) is 0 Å².